The highest BCUT2D eigenvalue weighted by atomic mass is 15.0. The molecule has 0 spiro atoms. The van der Waals surface area contributed by atoms with Gasteiger partial charge in [-0.15, -0.1) is 0 Å². The number of hydrogen-bond donors (Lipinski definition) is 0. The van der Waals surface area contributed by atoms with Gasteiger partial charge < -0.3 is 0 Å². The fraction of sp³-hybridized carbons (Fsp3) is 0.0690. The summed E-state index contributed by atoms with van der Waals surface area (Å²) in [5.74, 6) is 0. The average Bonchev–Trinajstić information content (AvgIpc) is 3.49. The van der Waals surface area contributed by atoms with Gasteiger partial charge in [0.2, 0.25) is 0 Å². The minimum Gasteiger partial charge on any atom is -0.295 e. The Balaban J connectivity index is 1.47. The Morgan fingerprint density at radius 2 is 1.29 bits per heavy atom. The maximum atomic E-state index is 5.25. The molecule has 2 nitrogen and oxygen atoms in total. The highest BCUT2D eigenvalue weighted by Gasteiger charge is 2.31. The topological polar surface area (TPSA) is 17.3 Å². The van der Waals surface area contributed by atoms with Crippen molar-refractivity contribution in [2.45, 2.75) is 12.8 Å². The van der Waals surface area contributed by atoms with Crippen molar-refractivity contribution in [1.29, 1.82) is 0 Å². The quantitative estimate of drug-likeness (QED) is 0.259. The lowest BCUT2D eigenvalue weighted by Crippen LogP contribution is -1.98. The Labute approximate surface area is 179 Å². The van der Waals surface area contributed by atoms with E-state index in [9.17, 15) is 0 Å². The molecule has 2 heterocycles. The van der Waals surface area contributed by atoms with Crippen molar-refractivity contribution in [1.82, 2.24) is 9.38 Å². The third kappa shape index (κ3) is 1.87. The van der Waals surface area contributed by atoms with Crippen LogP contribution in [0.3, 0.4) is 0 Å². The van der Waals surface area contributed by atoms with E-state index >= 15 is 0 Å². The molecule has 0 fully saturated rings. The Morgan fingerprint density at radius 1 is 0.581 bits per heavy atom. The number of pyridine rings is 1. The summed E-state index contributed by atoms with van der Waals surface area (Å²) in [6, 6.07) is 30.9. The van der Waals surface area contributed by atoms with Crippen LogP contribution in [-0.2, 0) is 12.8 Å². The van der Waals surface area contributed by atoms with E-state index in [1.165, 1.54) is 60.8 Å². The highest BCUT2D eigenvalue weighted by molar-refractivity contribution is 6.12. The van der Waals surface area contributed by atoms with Crippen LogP contribution in [0.5, 0.6) is 0 Å². The van der Waals surface area contributed by atoms with Crippen molar-refractivity contribution < 1.29 is 0 Å². The molecule has 0 saturated carbocycles. The van der Waals surface area contributed by atoms with E-state index in [1.807, 2.05) is 0 Å². The van der Waals surface area contributed by atoms with Gasteiger partial charge in [-0.25, -0.2) is 4.98 Å². The first kappa shape index (κ1) is 15.9. The Hall–Kier alpha value is -3.91. The summed E-state index contributed by atoms with van der Waals surface area (Å²) >= 11 is 0. The summed E-state index contributed by atoms with van der Waals surface area (Å²) in [7, 11) is 0. The fourth-order valence-electron chi connectivity index (χ4n) is 5.95. The van der Waals surface area contributed by atoms with E-state index in [1.54, 1.807) is 0 Å². The number of rotatable bonds is 0. The van der Waals surface area contributed by atoms with Crippen LogP contribution in [0.25, 0.3) is 49.7 Å². The number of aromatic nitrogens is 2. The fourth-order valence-corrected chi connectivity index (χ4v) is 5.95. The molecule has 0 unspecified atom stereocenters. The SMILES string of the molecule is c1ccc2c(c1)Cc1c-2ccc2c1Cc1c-2nc2c3ccccc3c3ccccc3n12. The molecule has 2 aromatic heterocycles. The maximum absolute atomic E-state index is 5.25. The van der Waals surface area contributed by atoms with E-state index in [0.29, 0.717) is 0 Å². The first-order chi connectivity index (χ1) is 15.4. The number of nitrogens with zero attached hydrogens (tertiary/aromatic N) is 2. The van der Waals surface area contributed by atoms with Crippen molar-refractivity contribution in [3.63, 3.8) is 0 Å². The van der Waals surface area contributed by atoms with Crippen LogP contribution >= 0.6 is 0 Å². The molecule has 2 aliphatic rings. The minimum atomic E-state index is 0.950. The second kappa shape index (κ2) is 5.41. The van der Waals surface area contributed by atoms with Gasteiger partial charge in [-0.1, -0.05) is 78.9 Å². The second-order valence-corrected chi connectivity index (χ2v) is 8.76. The molecule has 0 radical (unpaired) electrons. The zero-order valence-electron chi connectivity index (χ0n) is 16.9. The molecule has 0 atom stereocenters. The number of fused-ring (bicyclic) bond motifs is 14. The molecule has 144 valence electrons. The van der Waals surface area contributed by atoms with Gasteiger partial charge in [0.15, 0.2) is 0 Å². The molecule has 8 rings (SSSR count). The van der Waals surface area contributed by atoms with Crippen LogP contribution in [0.2, 0.25) is 0 Å². The molecule has 6 aromatic rings. The Morgan fingerprint density at radius 3 is 2.23 bits per heavy atom. The van der Waals surface area contributed by atoms with Gasteiger partial charge in [-0.05, 0) is 45.7 Å². The summed E-state index contributed by atoms with van der Waals surface area (Å²) in [5, 5.41) is 3.80. The molecule has 0 saturated heterocycles. The van der Waals surface area contributed by atoms with Gasteiger partial charge in [-0.2, -0.15) is 0 Å². The molecular formula is C29H18N2. The average molecular weight is 394 g/mol. The lowest BCUT2D eigenvalue weighted by Gasteiger charge is -2.11. The van der Waals surface area contributed by atoms with Gasteiger partial charge >= 0.3 is 0 Å². The van der Waals surface area contributed by atoms with Crippen LogP contribution in [0.15, 0.2) is 84.9 Å². The van der Waals surface area contributed by atoms with Crippen LogP contribution in [-0.4, -0.2) is 9.38 Å². The van der Waals surface area contributed by atoms with Crippen molar-refractivity contribution in [3.8, 4) is 22.4 Å². The van der Waals surface area contributed by atoms with Crippen molar-refractivity contribution in [2.75, 3.05) is 0 Å². The third-order valence-corrected chi connectivity index (χ3v) is 7.28. The molecule has 2 heteroatoms. The summed E-state index contributed by atoms with van der Waals surface area (Å²) in [6.07, 6.45) is 1.98. The Kier molecular flexibility index (Phi) is 2.77. The Bertz CT molecular complexity index is 1740. The predicted octanol–water partition coefficient (Wildman–Crippen LogP) is 6.78. The summed E-state index contributed by atoms with van der Waals surface area (Å²) in [5.41, 5.74) is 13.3. The normalized spacial score (nSPS) is 13.5. The molecule has 0 aliphatic heterocycles. The molecule has 2 aliphatic carbocycles. The zero-order chi connectivity index (χ0) is 20.1. The first-order valence-electron chi connectivity index (χ1n) is 10.9. The van der Waals surface area contributed by atoms with Crippen molar-refractivity contribution in [3.05, 3.63) is 107 Å². The van der Waals surface area contributed by atoms with Gasteiger partial charge in [0.1, 0.15) is 5.65 Å². The standard InChI is InChI=1S/C29H18N2/c1-2-8-18-17(7-1)15-24-20(18)13-14-22-25(24)16-27-28(22)30-29-23-11-4-3-9-19(23)21-10-5-6-12-26(21)31(27)29/h1-14H,15-16H2. The molecule has 0 bridgehead atoms. The van der Waals surface area contributed by atoms with Crippen LogP contribution in [0.4, 0.5) is 0 Å². The highest BCUT2D eigenvalue weighted by Crippen LogP contribution is 2.47. The molecule has 0 N–H and O–H groups in total. The summed E-state index contributed by atoms with van der Waals surface area (Å²) in [4.78, 5) is 5.25. The smallest absolute Gasteiger partial charge is 0.146 e. The second-order valence-electron chi connectivity index (χ2n) is 8.76. The first-order valence-corrected chi connectivity index (χ1v) is 10.9. The predicted molar refractivity (Wildman–Crippen MR) is 127 cm³/mol. The number of imidazole rings is 1. The zero-order valence-corrected chi connectivity index (χ0v) is 16.9. The number of benzene rings is 4. The largest absolute Gasteiger partial charge is 0.295 e. The molecule has 4 aromatic carbocycles. The molecule has 0 amide bonds. The van der Waals surface area contributed by atoms with Gasteiger partial charge in [-0.3, -0.25) is 4.40 Å². The minimum absolute atomic E-state index is 0.950. The van der Waals surface area contributed by atoms with E-state index in [-0.39, 0.29) is 0 Å². The summed E-state index contributed by atoms with van der Waals surface area (Å²) < 4.78 is 2.42. The molecular weight excluding hydrogens is 376 g/mol. The van der Waals surface area contributed by atoms with Crippen molar-refractivity contribution >= 4 is 27.3 Å². The third-order valence-electron chi connectivity index (χ3n) is 7.28. The van der Waals surface area contributed by atoms with Gasteiger partial charge in [0, 0.05) is 22.8 Å². The molecule has 31 heavy (non-hydrogen) atoms. The number of para-hydroxylation sites is 1. The number of hydrogen-bond acceptors (Lipinski definition) is 1. The summed E-state index contributed by atoms with van der Waals surface area (Å²) in [6.45, 7) is 0. The van der Waals surface area contributed by atoms with Crippen LogP contribution in [0.1, 0.15) is 22.4 Å². The van der Waals surface area contributed by atoms with Crippen LogP contribution in [0, 0.1) is 0 Å². The van der Waals surface area contributed by atoms with E-state index in [4.69, 9.17) is 4.98 Å². The van der Waals surface area contributed by atoms with Gasteiger partial charge in [0.25, 0.3) is 0 Å². The lowest BCUT2D eigenvalue weighted by atomic mass is 9.97. The van der Waals surface area contributed by atoms with E-state index in [0.717, 1.165) is 24.2 Å². The van der Waals surface area contributed by atoms with Crippen molar-refractivity contribution in [2.24, 2.45) is 0 Å². The van der Waals surface area contributed by atoms with E-state index in [2.05, 4.69) is 89.3 Å². The van der Waals surface area contributed by atoms with E-state index < -0.39 is 0 Å². The monoisotopic (exact) mass is 394 g/mol. The van der Waals surface area contributed by atoms with Gasteiger partial charge in [0.05, 0.1) is 16.9 Å². The van der Waals surface area contributed by atoms with Crippen LogP contribution < -0.4 is 0 Å². The lowest BCUT2D eigenvalue weighted by molar-refractivity contribution is 1.07. The maximum Gasteiger partial charge on any atom is 0.146 e.